The van der Waals surface area contributed by atoms with Crippen LogP contribution < -0.4 is 20.1 Å². The van der Waals surface area contributed by atoms with E-state index in [1.807, 2.05) is 12.1 Å². The van der Waals surface area contributed by atoms with Crippen molar-refractivity contribution in [3.8, 4) is 11.6 Å². The Hall–Kier alpha value is -3.49. The molecule has 4 fully saturated rings. The van der Waals surface area contributed by atoms with Crippen LogP contribution >= 0.6 is 11.6 Å². The Labute approximate surface area is 260 Å². The van der Waals surface area contributed by atoms with Gasteiger partial charge in [0.15, 0.2) is 6.10 Å². The number of hydrogen-bond acceptors (Lipinski definition) is 11. The van der Waals surface area contributed by atoms with E-state index in [0.29, 0.717) is 42.5 Å². The molecule has 0 radical (unpaired) electrons. The number of carbonyl (C=O) groups excluding carboxylic acids is 1. The Bertz CT molecular complexity index is 1510. The molecule has 0 unspecified atom stereocenters. The number of benzene rings is 1. The minimum Gasteiger partial charge on any atom is -0.489 e. The van der Waals surface area contributed by atoms with Crippen molar-refractivity contribution in [2.75, 3.05) is 50.7 Å². The summed E-state index contributed by atoms with van der Waals surface area (Å²) in [7, 11) is 3.41. The molecule has 4 saturated heterocycles. The second-order valence-electron chi connectivity index (χ2n) is 11.8. The molecular formula is C30H36ClN7O6. The van der Waals surface area contributed by atoms with E-state index in [1.165, 1.54) is 25.2 Å². The number of nitrogens with zero attached hydrogens (tertiary/aromatic N) is 5. The van der Waals surface area contributed by atoms with Crippen molar-refractivity contribution in [1.82, 2.24) is 24.6 Å². The van der Waals surface area contributed by atoms with Crippen molar-refractivity contribution >= 4 is 34.8 Å². The fourth-order valence-corrected chi connectivity index (χ4v) is 6.87. The highest BCUT2D eigenvalue weighted by Gasteiger charge is 2.49. The lowest BCUT2D eigenvalue weighted by Crippen LogP contribution is -2.43. The van der Waals surface area contributed by atoms with E-state index in [0.717, 1.165) is 25.9 Å². The second kappa shape index (κ2) is 12.1. The number of ether oxygens (including phenoxy) is 5. The molecule has 0 saturated carbocycles. The fourth-order valence-electron chi connectivity index (χ4n) is 6.74. The van der Waals surface area contributed by atoms with Crippen molar-refractivity contribution in [1.29, 1.82) is 0 Å². The molecule has 234 valence electrons. The van der Waals surface area contributed by atoms with E-state index >= 15 is 0 Å². The average molecular weight is 626 g/mol. The molecule has 44 heavy (non-hydrogen) atoms. The summed E-state index contributed by atoms with van der Waals surface area (Å²) in [5.41, 5.74) is 1.67. The summed E-state index contributed by atoms with van der Waals surface area (Å²) in [5.74, 6) is 0.780. The van der Waals surface area contributed by atoms with Crippen LogP contribution in [0.1, 0.15) is 36.0 Å². The van der Waals surface area contributed by atoms with Gasteiger partial charge in [-0.1, -0.05) is 11.6 Å². The first kappa shape index (κ1) is 29.2. The van der Waals surface area contributed by atoms with E-state index in [1.54, 1.807) is 31.1 Å². The summed E-state index contributed by atoms with van der Waals surface area (Å²) in [5, 5.41) is 10.6. The molecule has 14 heteroatoms. The molecule has 0 spiro atoms. The van der Waals surface area contributed by atoms with Gasteiger partial charge in [0.2, 0.25) is 11.8 Å². The number of rotatable bonds is 10. The van der Waals surface area contributed by atoms with E-state index in [9.17, 15) is 4.79 Å². The topological polar surface area (TPSA) is 134 Å². The van der Waals surface area contributed by atoms with Crippen molar-refractivity contribution in [3.63, 3.8) is 0 Å². The van der Waals surface area contributed by atoms with Crippen LogP contribution in [0.15, 0.2) is 36.8 Å². The summed E-state index contributed by atoms with van der Waals surface area (Å²) in [6.07, 6.45) is 8.27. The summed E-state index contributed by atoms with van der Waals surface area (Å²) < 4.78 is 31.3. The molecule has 13 nitrogen and oxygen atoms in total. The van der Waals surface area contributed by atoms with Crippen LogP contribution in [0.5, 0.6) is 11.6 Å². The highest BCUT2D eigenvalue weighted by atomic mass is 35.5. The molecule has 0 bridgehead atoms. The summed E-state index contributed by atoms with van der Waals surface area (Å²) >= 11 is 6.41. The molecule has 1 aromatic carbocycles. The molecule has 2 N–H and O–H groups in total. The van der Waals surface area contributed by atoms with Gasteiger partial charge in [0.05, 0.1) is 42.4 Å². The number of amides is 1. The highest BCUT2D eigenvalue weighted by molar-refractivity contribution is 6.31. The Morgan fingerprint density at radius 1 is 1.14 bits per heavy atom. The highest BCUT2D eigenvalue weighted by Crippen LogP contribution is 2.40. The normalized spacial score (nSPS) is 25.5. The Morgan fingerprint density at radius 3 is 2.66 bits per heavy atom. The van der Waals surface area contributed by atoms with Crippen molar-refractivity contribution in [2.45, 2.75) is 55.6 Å². The third kappa shape index (κ3) is 5.70. The smallest absolute Gasteiger partial charge is 0.258 e. The van der Waals surface area contributed by atoms with Crippen LogP contribution in [-0.2, 0) is 21.3 Å². The van der Waals surface area contributed by atoms with Gasteiger partial charge < -0.3 is 34.3 Å². The van der Waals surface area contributed by atoms with E-state index in [2.05, 4.69) is 30.6 Å². The number of halogens is 1. The van der Waals surface area contributed by atoms with Gasteiger partial charge in [0, 0.05) is 26.0 Å². The summed E-state index contributed by atoms with van der Waals surface area (Å²) in [6.45, 7) is 3.56. The van der Waals surface area contributed by atoms with Gasteiger partial charge in [-0.05, 0) is 57.0 Å². The lowest BCUT2D eigenvalue weighted by Gasteiger charge is -2.32. The fraction of sp³-hybridized carbons (Fsp3) is 0.533. The van der Waals surface area contributed by atoms with Gasteiger partial charge in [-0.3, -0.25) is 14.4 Å². The minimum atomic E-state index is -0.388. The first-order valence-corrected chi connectivity index (χ1v) is 15.3. The van der Waals surface area contributed by atoms with Crippen LogP contribution in [0.2, 0.25) is 5.02 Å². The van der Waals surface area contributed by atoms with Gasteiger partial charge in [0.1, 0.15) is 35.7 Å². The molecule has 2 aromatic heterocycles. The maximum Gasteiger partial charge on any atom is 0.258 e. The van der Waals surface area contributed by atoms with Crippen molar-refractivity contribution in [2.24, 2.45) is 7.05 Å². The summed E-state index contributed by atoms with van der Waals surface area (Å²) in [4.78, 5) is 24.5. The van der Waals surface area contributed by atoms with Crippen LogP contribution in [0.25, 0.3) is 0 Å². The Balaban J connectivity index is 1.09. The number of aromatic nitrogens is 4. The molecule has 7 rings (SSSR count). The number of carbonyl (C=O) groups is 1. The molecule has 6 heterocycles. The predicted octanol–water partition coefficient (Wildman–Crippen LogP) is 3.43. The maximum atomic E-state index is 13.1. The molecule has 4 atom stereocenters. The van der Waals surface area contributed by atoms with Crippen LogP contribution in [-0.4, -0.2) is 101 Å². The Morgan fingerprint density at radius 2 is 1.91 bits per heavy atom. The molecule has 4 aliphatic heterocycles. The summed E-state index contributed by atoms with van der Waals surface area (Å²) in [6, 6.07) is 5.51. The van der Waals surface area contributed by atoms with Gasteiger partial charge in [-0.25, -0.2) is 4.98 Å². The second-order valence-corrected chi connectivity index (χ2v) is 12.2. The number of fused-ring (bicyclic) bond motifs is 2. The monoisotopic (exact) mass is 625 g/mol. The lowest BCUT2D eigenvalue weighted by molar-refractivity contribution is -0.0141. The SMILES string of the molecule is CO[C@@H]1CO[C@H]2[C@@H]1OC[C@H]2Oc1nc(Nc2ccc(OCC34CCCN3CCC4)c(NC(=O)c3cnn(C)c3)c2)ncc1Cl. The zero-order valence-electron chi connectivity index (χ0n) is 24.7. The standard InChI is InChI=1S/C30H36ClN7O6/c1-37-14-18(12-33-37)27(39)35-21-11-19(5-6-22(21)43-17-30-7-3-9-38(30)10-4-8-30)34-29-32-13-20(31)28(36-29)44-24-16-42-25-23(40-2)15-41-26(24)25/h5-6,11-14,23-26H,3-4,7-10,15-17H2,1-2H3,(H,35,39)(H,32,34,36)/t23-,24-,25-,26-/m1/s1. The van der Waals surface area contributed by atoms with E-state index in [-0.39, 0.29) is 52.7 Å². The predicted molar refractivity (Wildman–Crippen MR) is 161 cm³/mol. The first-order chi connectivity index (χ1) is 21.4. The van der Waals surface area contributed by atoms with Crippen molar-refractivity contribution < 1.29 is 28.5 Å². The van der Waals surface area contributed by atoms with Gasteiger partial charge >= 0.3 is 0 Å². The zero-order chi connectivity index (χ0) is 30.3. The van der Waals surface area contributed by atoms with E-state index < -0.39 is 0 Å². The average Bonchev–Trinajstić information content (AvgIpc) is 3.83. The van der Waals surface area contributed by atoms with Crippen LogP contribution in [0, 0.1) is 0 Å². The molecule has 3 aromatic rings. The molecule has 4 aliphatic rings. The third-order valence-electron chi connectivity index (χ3n) is 9.00. The molecular weight excluding hydrogens is 590 g/mol. The van der Waals surface area contributed by atoms with Gasteiger partial charge in [-0.15, -0.1) is 0 Å². The number of nitrogens with one attached hydrogen (secondary N) is 2. The first-order valence-electron chi connectivity index (χ1n) is 14.9. The number of methoxy groups -OCH3 is 1. The number of aryl methyl sites for hydroxylation is 1. The largest absolute Gasteiger partial charge is 0.489 e. The Kier molecular flexibility index (Phi) is 8.06. The van der Waals surface area contributed by atoms with Gasteiger partial charge in [-0.2, -0.15) is 10.1 Å². The third-order valence-corrected chi connectivity index (χ3v) is 9.26. The lowest BCUT2D eigenvalue weighted by atomic mass is 9.95. The van der Waals surface area contributed by atoms with Crippen LogP contribution in [0.3, 0.4) is 0 Å². The van der Waals surface area contributed by atoms with Gasteiger partial charge in [0.25, 0.3) is 5.91 Å². The molecule has 1 amide bonds. The zero-order valence-corrected chi connectivity index (χ0v) is 25.5. The number of anilines is 3. The maximum absolute atomic E-state index is 13.1. The quantitative estimate of drug-likeness (QED) is 0.343. The van der Waals surface area contributed by atoms with Crippen molar-refractivity contribution in [3.05, 3.63) is 47.4 Å². The van der Waals surface area contributed by atoms with Crippen LogP contribution in [0.4, 0.5) is 17.3 Å². The number of hydrogen-bond donors (Lipinski definition) is 2. The van der Waals surface area contributed by atoms with E-state index in [4.69, 9.17) is 35.3 Å². The minimum absolute atomic E-state index is 0.0630. The molecule has 0 aliphatic carbocycles.